The molecule has 0 unspecified atom stereocenters. The number of rotatable bonds is 3. The van der Waals surface area contributed by atoms with Crippen molar-refractivity contribution < 1.29 is 0 Å². The first-order valence-corrected chi connectivity index (χ1v) is 4.30. The highest BCUT2D eigenvalue weighted by atomic mass is 14.5. The predicted molar refractivity (Wildman–Crippen MR) is 49.3 cm³/mol. The van der Waals surface area contributed by atoms with Crippen LogP contribution in [0, 0.1) is 5.92 Å². The van der Waals surface area contributed by atoms with Gasteiger partial charge < -0.3 is 5.73 Å². The van der Waals surface area contributed by atoms with Crippen LogP contribution in [0.3, 0.4) is 0 Å². The Morgan fingerprint density at radius 3 is 2.64 bits per heavy atom. The topological polar surface area (TPSA) is 26.0 Å². The lowest BCUT2D eigenvalue weighted by molar-refractivity contribution is 0.375. The zero-order valence-corrected chi connectivity index (χ0v) is 7.27. The van der Waals surface area contributed by atoms with Crippen LogP contribution < -0.4 is 5.73 Å². The second kappa shape index (κ2) is 3.72. The third kappa shape index (κ3) is 2.19. The van der Waals surface area contributed by atoms with E-state index < -0.39 is 0 Å². The van der Waals surface area contributed by atoms with E-state index in [2.05, 4.69) is 19.6 Å². The van der Waals surface area contributed by atoms with Gasteiger partial charge in [-0.15, -0.1) is 0 Å². The molecule has 1 nitrogen and oxygen atoms in total. The summed E-state index contributed by atoms with van der Waals surface area (Å²) in [7, 11) is 0. The molecular weight excluding hydrogens is 134 g/mol. The number of allylic oxidation sites excluding steroid dienone is 2. The van der Waals surface area contributed by atoms with Crippen molar-refractivity contribution in [3.63, 3.8) is 0 Å². The first-order valence-electron chi connectivity index (χ1n) is 4.30. The van der Waals surface area contributed by atoms with Crippen LogP contribution in [-0.2, 0) is 0 Å². The highest BCUT2D eigenvalue weighted by Gasteiger charge is 2.18. The van der Waals surface area contributed by atoms with Crippen LogP contribution >= 0.6 is 0 Å². The Kier molecular flexibility index (Phi) is 2.89. The highest BCUT2D eigenvalue weighted by Crippen LogP contribution is 2.32. The minimum Gasteiger partial charge on any atom is -0.327 e. The maximum Gasteiger partial charge on any atom is 0.0137 e. The molecule has 1 saturated carbocycles. The molecule has 0 aromatic carbocycles. The molecule has 0 aromatic rings. The van der Waals surface area contributed by atoms with Crippen molar-refractivity contribution in [1.82, 2.24) is 0 Å². The van der Waals surface area contributed by atoms with E-state index in [4.69, 9.17) is 5.73 Å². The minimum atomic E-state index is 0.658. The van der Waals surface area contributed by atoms with Crippen molar-refractivity contribution in [3.8, 4) is 0 Å². The molecule has 0 aromatic heterocycles. The minimum absolute atomic E-state index is 0.658. The summed E-state index contributed by atoms with van der Waals surface area (Å²) in [5, 5.41) is 0. The summed E-state index contributed by atoms with van der Waals surface area (Å²) in [5.41, 5.74) is 7.99. The van der Waals surface area contributed by atoms with Crippen LogP contribution in [0.15, 0.2) is 23.8 Å². The van der Waals surface area contributed by atoms with Gasteiger partial charge in [0.15, 0.2) is 0 Å². The summed E-state index contributed by atoms with van der Waals surface area (Å²) in [6.07, 6.45) is 6.17. The van der Waals surface area contributed by atoms with Crippen LogP contribution in [0.2, 0.25) is 0 Å². The van der Waals surface area contributed by atoms with E-state index >= 15 is 0 Å². The van der Waals surface area contributed by atoms with E-state index in [-0.39, 0.29) is 0 Å². The molecule has 1 rings (SSSR count). The van der Waals surface area contributed by atoms with Gasteiger partial charge in [0, 0.05) is 6.54 Å². The molecule has 2 N–H and O–H groups in total. The Balaban J connectivity index is 2.41. The summed E-state index contributed by atoms with van der Waals surface area (Å²) >= 11 is 0. The molecule has 1 aliphatic rings. The van der Waals surface area contributed by atoms with Gasteiger partial charge in [-0.25, -0.2) is 0 Å². The Labute approximate surface area is 69.0 Å². The van der Waals surface area contributed by atoms with Crippen molar-refractivity contribution in [2.45, 2.75) is 26.2 Å². The Hall–Kier alpha value is -0.560. The fraction of sp³-hybridized carbons (Fsp3) is 0.600. The predicted octanol–water partition coefficient (Wildman–Crippen LogP) is 2.25. The van der Waals surface area contributed by atoms with Crippen LogP contribution in [0.25, 0.3) is 0 Å². The Morgan fingerprint density at radius 2 is 2.27 bits per heavy atom. The molecule has 1 fully saturated rings. The van der Waals surface area contributed by atoms with Gasteiger partial charge in [-0.2, -0.15) is 0 Å². The fourth-order valence-corrected chi connectivity index (χ4v) is 1.27. The van der Waals surface area contributed by atoms with Gasteiger partial charge >= 0.3 is 0 Å². The van der Waals surface area contributed by atoms with E-state index in [0.29, 0.717) is 6.54 Å². The molecule has 0 spiro atoms. The Morgan fingerprint density at radius 1 is 1.64 bits per heavy atom. The second-order valence-corrected chi connectivity index (χ2v) is 3.40. The van der Waals surface area contributed by atoms with Crippen LogP contribution in [-0.4, -0.2) is 6.54 Å². The molecule has 11 heavy (non-hydrogen) atoms. The lowest BCUT2D eigenvalue weighted by atomic mass is 9.80. The highest BCUT2D eigenvalue weighted by molar-refractivity contribution is 5.24. The molecule has 0 bridgehead atoms. The third-order valence-electron chi connectivity index (χ3n) is 2.38. The third-order valence-corrected chi connectivity index (χ3v) is 2.38. The average Bonchev–Trinajstić information content (AvgIpc) is 1.83. The molecule has 0 radical (unpaired) electrons. The molecule has 0 heterocycles. The molecule has 1 aliphatic carbocycles. The molecule has 1 heteroatoms. The van der Waals surface area contributed by atoms with Crippen molar-refractivity contribution >= 4 is 0 Å². The van der Waals surface area contributed by atoms with E-state index in [1.807, 2.05) is 0 Å². The number of hydrogen-bond donors (Lipinski definition) is 1. The van der Waals surface area contributed by atoms with Gasteiger partial charge in [-0.3, -0.25) is 0 Å². The maximum atomic E-state index is 5.47. The fourth-order valence-electron chi connectivity index (χ4n) is 1.27. The number of nitrogens with two attached hydrogens (primary N) is 1. The first kappa shape index (κ1) is 8.54. The largest absolute Gasteiger partial charge is 0.327 e. The van der Waals surface area contributed by atoms with Crippen LogP contribution in [0.4, 0.5) is 0 Å². The van der Waals surface area contributed by atoms with E-state index in [0.717, 1.165) is 5.92 Å². The zero-order valence-electron chi connectivity index (χ0n) is 7.27. The zero-order chi connectivity index (χ0) is 8.27. The van der Waals surface area contributed by atoms with E-state index in [9.17, 15) is 0 Å². The van der Waals surface area contributed by atoms with Crippen LogP contribution in [0.5, 0.6) is 0 Å². The quantitative estimate of drug-likeness (QED) is 0.615. The lowest BCUT2D eigenvalue weighted by Gasteiger charge is -2.26. The summed E-state index contributed by atoms with van der Waals surface area (Å²) in [4.78, 5) is 0. The molecular formula is C10H17N. The maximum absolute atomic E-state index is 5.47. The van der Waals surface area contributed by atoms with Crippen molar-refractivity contribution in [1.29, 1.82) is 0 Å². The summed E-state index contributed by atoms with van der Waals surface area (Å²) in [5.74, 6) is 0.761. The SMILES string of the molecule is C=C(/C=C(\C)CN)C1CCC1. The average molecular weight is 151 g/mol. The van der Waals surface area contributed by atoms with Gasteiger partial charge in [0.25, 0.3) is 0 Å². The Bertz CT molecular complexity index is 175. The molecule has 62 valence electrons. The molecule has 0 amide bonds. The molecule has 0 aliphatic heterocycles. The van der Waals surface area contributed by atoms with Gasteiger partial charge in [0.1, 0.15) is 0 Å². The lowest BCUT2D eigenvalue weighted by Crippen LogP contribution is -2.12. The van der Waals surface area contributed by atoms with E-state index in [1.54, 1.807) is 0 Å². The molecule has 0 saturated heterocycles. The monoisotopic (exact) mass is 151 g/mol. The summed E-state index contributed by atoms with van der Waals surface area (Å²) < 4.78 is 0. The van der Waals surface area contributed by atoms with Crippen molar-refractivity contribution in [2.75, 3.05) is 6.54 Å². The van der Waals surface area contributed by atoms with Gasteiger partial charge in [0.05, 0.1) is 0 Å². The molecule has 0 atom stereocenters. The van der Waals surface area contributed by atoms with Gasteiger partial charge in [-0.05, 0) is 25.7 Å². The summed E-state index contributed by atoms with van der Waals surface area (Å²) in [6, 6.07) is 0. The van der Waals surface area contributed by atoms with E-state index in [1.165, 1.54) is 30.4 Å². The second-order valence-electron chi connectivity index (χ2n) is 3.40. The first-order chi connectivity index (χ1) is 5.24. The number of hydrogen-bond acceptors (Lipinski definition) is 1. The van der Waals surface area contributed by atoms with Gasteiger partial charge in [-0.1, -0.05) is 30.2 Å². The summed E-state index contributed by atoms with van der Waals surface area (Å²) in [6.45, 7) is 6.75. The van der Waals surface area contributed by atoms with Gasteiger partial charge in [0.2, 0.25) is 0 Å². The smallest absolute Gasteiger partial charge is 0.0137 e. The normalized spacial score (nSPS) is 19.6. The standard InChI is InChI=1S/C10H17N/c1-8(7-11)6-9(2)10-4-3-5-10/h6,10H,2-5,7,11H2,1H3/b8-6+. The van der Waals surface area contributed by atoms with Crippen molar-refractivity contribution in [2.24, 2.45) is 11.7 Å². The van der Waals surface area contributed by atoms with Crippen molar-refractivity contribution in [3.05, 3.63) is 23.8 Å². The van der Waals surface area contributed by atoms with Crippen LogP contribution in [0.1, 0.15) is 26.2 Å².